The minimum absolute atomic E-state index is 0.0369. The summed E-state index contributed by atoms with van der Waals surface area (Å²) in [5.74, 6) is -1.42. The number of aliphatic hydroxyl groups is 1. The summed E-state index contributed by atoms with van der Waals surface area (Å²) in [4.78, 5) is 13.3. The Labute approximate surface area is 117 Å². The lowest BCUT2D eigenvalue weighted by atomic mass is 10.1. The predicted molar refractivity (Wildman–Crippen MR) is 72.1 cm³/mol. The Balaban J connectivity index is 2.61. The lowest BCUT2D eigenvalue weighted by molar-refractivity contribution is -0.131. The van der Waals surface area contributed by atoms with Crippen LogP contribution in [0.4, 0.5) is 8.78 Å². The molecule has 2 atom stereocenters. The third kappa shape index (κ3) is 4.25. The molecule has 2 N–H and O–H groups in total. The summed E-state index contributed by atoms with van der Waals surface area (Å²) in [6.07, 6.45) is -1.21. The fourth-order valence-electron chi connectivity index (χ4n) is 1.74. The van der Waals surface area contributed by atoms with Crippen LogP contribution in [0.2, 0.25) is 0 Å². The fourth-order valence-corrected chi connectivity index (χ4v) is 1.74. The van der Waals surface area contributed by atoms with Crippen LogP contribution in [0.3, 0.4) is 0 Å². The number of amides is 1. The molecule has 0 spiro atoms. The highest BCUT2D eigenvalue weighted by atomic mass is 19.1. The first-order valence-electron chi connectivity index (χ1n) is 6.48. The minimum Gasteiger partial charge on any atom is -0.387 e. The van der Waals surface area contributed by atoms with Gasteiger partial charge in [0.1, 0.15) is 11.6 Å². The number of likely N-dealkylation sites (N-methyl/N-ethyl adjacent to an activating group) is 1. The number of carbonyl (C=O) groups is 1. The zero-order chi connectivity index (χ0) is 15.3. The molecule has 4 nitrogen and oxygen atoms in total. The number of benzene rings is 1. The Morgan fingerprint density at radius 1 is 1.45 bits per heavy atom. The maximum absolute atomic E-state index is 13.5. The first-order chi connectivity index (χ1) is 9.36. The van der Waals surface area contributed by atoms with Crippen molar-refractivity contribution in [1.82, 2.24) is 10.2 Å². The number of rotatable bonds is 6. The van der Waals surface area contributed by atoms with E-state index in [2.05, 4.69) is 5.32 Å². The van der Waals surface area contributed by atoms with Gasteiger partial charge in [0.25, 0.3) is 0 Å². The zero-order valence-electron chi connectivity index (χ0n) is 11.9. The van der Waals surface area contributed by atoms with Crippen molar-refractivity contribution in [3.8, 4) is 0 Å². The van der Waals surface area contributed by atoms with E-state index in [0.29, 0.717) is 6.54 Å². The van der Waals surface area contributed by atoms with Gasteiger partial charge in [0, 0.05) is 25.7 Å². The van der Waals surface area contributed by atoms with Crippen LogP contribution in [0.25, 0.3) is 0 Å². The summed E-state index contributed by atoms with van der Waals surface area (Å²) in [5.41, 5.74) is -0.124. The van der Waals surface area contributed by atoms with Crippen molar-refractivity contribution in [3.63, 3.8) is 0 Å². The van der Waals surface area contributed by atoms with E-state index in [-0.39, 0.29) is 18.0 Å². The van der Waals surface area contributed by atoms with E-state index >= 15 is 0 Å². The summed E-state index contributed by atoms with van der Waals surface area (Å²) >= 11 is 0. The second-order valence-corrected chi connectivity index (χ2v) is 4.66. The van der Waals surface area contributed by atoms with Crippen LogP contribution in [-0.2, 0) is 4.79 Å². The van der Waals surface area contributed by atoms with Crippen molar-refractivity contribution in [1.29, 1.82) is 0 Å². The number of nitrogens with one attached hydrogen (secondary N) is 1. The average Bonchev–Trinajstić information content (AvgIpc) is 2.45. The van der Waals surface area contributed by atoms with E-state index in [1.54, 1.807) is 14.0 Å². The molecule has 112 valence electrons. The van der Waals surface area contributed by atoms with Gasteiger partial charge in [-0.1, -0.05) is 0 Å². The average molecular weight is 286 g/mol. The Bertz CT molecular complexity index is 468. The van der Waals surface area contributed by atoms with Crippen molar-refractivity contribution in [2.75, 3.05) is 20.1 Å². The first-order valence-corrected chi connectivity index (χ1v) is 6.48. The van der Waals surface area contributed by atoms with Crippen LogP contribution in [0, 0.1) is 11.6 Å². The molecule has 0 saturated carbocycles. The van der Waals surface area contributed by atoms with Gasteiger partial charge in [0.15, 0.2) is 0 Å². The van der Waals surface area contributed by atoms with Gasteiger partial charge < -0.3 is 15.3 Å². The number of halogens is 2. The van der Waals surface area contributed by atoms with E-state index in [1.165, 1.54) is 4.90 Å². The molecule has 0 aliphatic rings. The van der Waals surface area contributed by atoms with E-state index in [1.807, 2.05) is 6.92 Å². The standard InChI is InChI=1S/C14H20F2N2O2/c1-4-18(3)14(20)9(2)17-8-13(19)11-7-10(15)5-6-12(11)16/h5-7,9,13,17,19H,4,8H2,1-3H3. The number of aliphatic hydroxyl groups excluding tert-OH is 1. The molecule has 2 unspecified atom stereocenters. The van der Waals surface area contributed by atoms with Crippen molar-refractivity contribution >= 4 is 5.91 Å². The molecule has 0 bridgehead atoms. The maximum atomic E-state index is 13.5. The summed E-state index contributed by atoms with van der Waals surface area (Å²) in [6, 6.07) is 2.40. The monoisotopic (exact) mass is 286 g/mol. The van der Waals surface area contributed by atoms with Crippen molar-refractivity contribution < 1.29 is 18.7 Å². The van der Waals surface area contributed by atoms with Gasteiger partial charge >= 0.3 is 0 Å². The number of nitrogens with zero attached hydrogens (tertiary/aromatic N) is 1. The Morgan fingerprint density at radius 2 is 2.10 bits per heavy atom. The number of hydrogen-bond donors (Lipinski definition) is 2. The Morgan fingerprint density at radius 3 is 2.70 bits per heavy atom. The molecule has 0 aromatic heterocycles. The fraction of sp³-hybridized carbons (Fsp3) is 0.500. The van der Waals surface area contributed by atoms with Crippen LogP contribution in [0.1, 0.15) is 25.5 Å². The molecule has 0 aliphatic heterocycles. The highest BCUT2D eigenvalue weighted by molar-refractivity contribution is 5.81. The van der Waals surface area contributed by atoms with Gasteiger partial charge in [-0.2, -0.15) is 0 Å². The van der Waals surface area contributed by atoms with Crippen molar-refractivity contribution in [2.24, 2.45) is 0 Å². The Kier molecular flexibility index (Phi) is 6.04. The number of hydrogen-bond acceptors (Lipinski definition) is 3. The van der Waals surface area contributed by atoms with Crippen LogP contribution in [0.15, 0.2) is 18.2 Å². The topological polar surface area (TPSA) is 52.6 Å². The second-order valence-electron chi connectivity index (χ2n) is 4.66. The maximum Gasteiger partial charge on any atom is 0.239 e. The number of carbonyl (C=O) groups excluding carboxylic acids is 1. The molecule has 0 aliphatic carbocycles. The lowest BCUT2D eigenvalue weighted by Gasteiger charge is -2.22. The van der Waals surface area contributed by atoms with Crippen molar-refractivity contribution in [2.45, 2.75) is 26.0 Å². The van der Waals surface area contributed by atoms with E-state index in [9.17, 15) is 18.7 Å². The quantitative estimate of drug-likeness (QED) is 0.832. The first kappa shape index (κ1) is 16.5. The van der Waals surface area contributed by atoms with E-state index < -0.39 is 23.8 Å². The molecule has 0 radical (unpaired) electrons. The molecule has 1 aromatic rings. The van der Waals surface area contributed by atoms with Crippen LogP contribution in [0.5, 0.6) is 0 Å². The van der Waals surface area contributed by atoms with Gasteiger partial charge in [-0.15, -0.1) is 0 Å². The predicted octanol–water partition coefficient (Wildman–Crippen LogP) is 1.45. The summed E-state index contributed by atoms with van der Waals surface area (Å²) < 4.78 is 26.5. The van der Waals surface area contributed by atoms with Gasteiger partial charge in [-0.3, -0.25) is 4.79 Å². The smallest absolute Gasteiger partial charge is 0.239 e. The van der Waals surface area contributed by atoms with Gasteiger partial charge in [0.2, 0.25) is 5.91 Å². The normalized spacial score (nSPS) is 13.9. The summed E-state index contributed by atoms with van der Waals surface area (Å²) in [5, 5.41) is 12.7. The highest BCUT2D eigenvalue weighted by Crippen LogP contribution is 2.17. The Hall–Kier alpha value is -1.53. The van der Waals surface area contributed by atoms with E-state index in [0.717, 1.165) is 18.2 Å². The highest BCUT2D eigenvalue weighted by Gasteiger charge is 2.19. The lowest BCUT2D eigenvalue weighted by Crippen LogP contribution is -2.44. The molecule has 1 amide bonds. The van der Waals surface area contributed by atoms with Crippen molar-refractivity contribution in [3.05, 3.63) is 35.4 Å². The molecular weight excluding hydrogens is 266 g/mol. The molecule has 1 rings (SSSR count). The van der Waals surface area contributed by atoms with Crippen LogP contribution >= 0.6 is 0 Å². The molecule has 0 heterocycles. The molecule has 6 heteroatoms. The van der Waals surface area contributed by atoms with Crippen LogP contribution in [-0.4, -0.2) is 42.1 Å². The third-order valence-electron chi connectivity index (χ3n) is 3.16. The largest absolute Gasteiger partial charge is 0.387 e. The van der Waals surface area contributed by atoms with Gasteiger partial charge in [0.05, 0.1) is 12.1 Å². The molecule has 0 fully saturated rings. The van der Waals surface area contributed by atoms with Gasteiger partial charge in [-0.25, -0.2) is 8.78 Å². The molecular formula is C14H20F2N2O2. The SMILES string of the molecule is CCN(C)C(=O)C(C)NCC(O)c1cc(F)ccc1F. The molecule has 0 saturated heterocycles. The minimum atomic E-state index is -1.21. The zero-order valence-corrected chi connectivity index (χ0v) is 11.9. The van der Waals surface area contributed by atoms with Gasteiger partial charge in [-0.05, 0) is 32.0 Å². The molecule has 1 aromatic carbocycles. The third-order valence-corrected chi connectivity index (χ3v) is 3.16. The summed E-state index contributed by atoms with van der Waals surface area (Å²) in [7, 11) is 1.67. The summed E-state index contributed by atoms with van der Waals surface area (Å²) in [6.45, 7) is 4.04. The second kappa shape index (κ2) is 7.31. The van der Waals surface area contributed by atoms with Crippen LogP contribution < -0.4 is 5.32 Å². The van der Waals surface area contributed by atoms with E-state index in [4.69, 9.17) is 0 Å². The molecule has 20 heavy (non-hydrogen) atoms.